The molecule has 0 saturated carbocycles. The topological polar surface area (TPSA) is 0 Å². The molecule has 1 unspecified atom stereocenters. The number of hydrogen-bond acceptors (Lipinski definition) is 0. The molecule has 94 valence electrons. The van der Waals surface area contributed by atoms with Crippen molar-refractivity contribution in [3.63, 3.8) is 0 Å². The Morgan fingerprint density at radius 2 is 1.44 bits per heavy atom. The first-order chi connectivity index (χ1) is 8.79. The molecule has 0 saturated heterocycles. The fraction of sp³-hybridized carbons (Fsp3) is 0.333. The molecule has 0 radical (unpaired) electrons. The van der Waals surface area contributed by atoms with Gasteiger partial charge in [-0.25, -0.2) is 0 Å². The largest absolute Gasteiger partial charge is 0.0651 e. The van der Waals surface area contributed by atoms with Crippen molar-refractivity contribution in [3.05, 3.63) is 71.3 Å². The summed E-state index contributed by atoms with van der Waals surface area (Å²) in [6.07, 6.45) is 3.49. The van der Waals surface area contributed by atoms with Gasteiger partial charge in [0.2, 0.25) is 0 Å². The van der Waals surface area contributed by atoms with Crippen LogP contribution in [0, 0.1) is 5.92 Å². The van der Waals surface area contributed by atoms with Crippen LogP contribution in [0.3, 0.4) is 0 Å². The molecule has 0 nitrogen and oxygen atoms in total. The lowest BCUT2D eigenvalue weighted by Gasteiger charge is -2.13. The molecule has 2 rings (SSSR count). The van der Waals surface area contributed by atoms with Gasteiger partial charge in [-0.15, -0.1) is 0 Å². The molecule has 0 aliphatic rings. The summed E-state index contributed by atoms with van der Waals surface area (Å²) in [6.45, 7) is 4.60. The Hall–Kier alpha value is -1.56. The van der Waals surface area contributed by atoms with Gasteiger partial charge < -0.3 is 0 Å². The van der Waals surface area contributed by atoms with Crippen molar-refractivity contribution in [2.24, 2.45) is 5.92 Å². The van der Waals surface area contributed by atoms with Gasteiger partial charge in [-0.1, -0.05) is 74.9 Å². The van der Waals surface area contributed by atoms with E-state index in [1.54, 1.807) is 0 Å². The minimum absolute atomic E-state index is 0.766. The lowest BCUT2D eigenvalue weighted by molar-refractivity contribution is 0.558. The van der Waals surface area contributed by atoms with Crippen LogP contribution < -0.4 is 0 Å². The third-order valence-electron chi connectivity index (χ3n) is 3.62. The maximum absolute atomic E-state index is 2.33. The molecule has 0 spiro atoms. The lowest BCUT2D eigenvalue weighted by Crippen LogP contribution is -2.02. The summed E-state index contributed by atoms with van der Waals surface area (Å²) < 4.78 is 0. The molecule has 0 fully saturated rings. The summed E-state index contributed by atoms with van der Waals surface area (Å²) in [4.78, 5) is 0. The summed E-state index contributed by atoms with van der Waals surface area (Å²) >= 11 is 0. The van der Waals surface area contributed by atoms with E-state index in [2.05, 4.69) is 68.4 Å². The maximum Gasteiger partial charge on any atom is -0.00230 e. The summed E-state index contributed by atoms with van der Waals surface area (Å²) in [7, 11) is 0. The molecule has 2 aromatic rings. The van der Waals surface area contributed by atoms with Gasteiger partial charge in [-0.2, -0.15) is 0 Å². The Balaban J connectivity index is 2.17. The number of rotatable bonds is 5. The van der Waals surface area contributed by atoms with Gasteiger partial charge in [-0.3, -0.25) is 0 Å². The predicted octanol–water partition coefficient (Wildman–Crippen LogP) is 4.87. The second kappa shape index (κ2) is 6.39. The van der Waals surface area contributed by atoms with Crippen LogP contribution >= 0.6 is 0 Å². The van der Waals surface area contributed by atoms with Gasteiger partial charge in [0.15, 0.2) is 0 Å². The molecule has 0 bridgehead atoms. The summed E-state index contributed by atoms with van der Waals surface area (Å²) in [5.41, 5.74) is 4.38. The highest BCUT2D eigenvalue weighted by Crippen LogP contribution is 2.19. The first kappa shape index (κ1) is 12.9. The van der Waals surface area contributed by atoms with Gasteiger partial charge in [0.1, 0.15) is 0 Å². The maximum atomic E-state index is 2.33. The average Bonchev–Trinajstić information content (AvgIpc) is 2.42. The zero-order valence-electron chi connectivity index (χ0n) is 11.4. The van der Waals surface area contributed by atoms with Crippen molar-refractivity contribution in [2.75, 3.05) is 0 Å². The first-order valence-electron chi connectivity index (χ1n) is 6.90. The molecule has 2 aromatic carbocycles. The Labute approximate surface area is 111 Å². The van der Waals surface area contributed by atoms with Crippen LogP contribution in [0.4, 0.5) is 0 Å². The molecule has 0 heterocycles. The Morgan fingerprint density at radius 1 is 0.833 bits per heavy atom. The molecule has 0 amide bonds. The smallest absolute Gasteiger partial charge is 0.00230 e. The highest BCUT2D eigenvalue weighted by molar-refractivity contribution is 5.33. The highest BCUT2D eigenvalue weighted by atomic mass is 14.1. The van der Waals surface area contributed by atoms with Crippen molar-refractivity contribution >= 4 is 0 Å². The summed E-state index contributed by atoms with van der Waals surface area (Å²) in [5, 5.41) is 0. The van der Waals surface area contributed by atoms with Crippen molar-refractivity contribution < 1.29 is 0 Å². The monoisotopic (exact) mass is 238 g/mol. The van der Waals surface area contributed by atoms with Crippen LogP contribution in [0.2, 0.25) is 0 Å². The summed E-state index contributed by atoms with van der Waals surface area (Å²) in [5.74, 6) is 0.766. The average molecular weight is 238 g/mol. The molecule has 0 aliphatic heterocycles. The van der Waals surface area contributed by atoms with E-state index in [4.69, 9.17) is 0 Å². The quantitative estimate of drug-likeness (QED) is 0.697. The molecule has 0 N–H and O–H groups in total. The molecule has 18 heavy (non-hydrogen) atoms. The van der Waals surface area contributed by atoms with E-state index in [1.807, 2.05) is 0 Å². The van der Waals surface area contributed by atoms with E-state index in [-0.39, 0.29) is 0 Å². The van der Waals surface area contributed by atoms with E-state index in [0.717, 1.165) is 12.3 Å². The highest BCUT2D eigenvalue weighted by Gasteiger charge is 2.06. The predicted molar refractivity (Wildman–Crippen MR) is 78.8 cm³/mol. The van der Waals surface area contributed by atoms with Crippen molar-refractivity contribution in [3.8, 4) is 0 Å². The first-order valence-corrected chi connectivity index (χ1v) is 6.90. The fourth-order valence-electron chi connectivity index (χ4n) is 2.26. The molecule has 0 heteroatoms. The van der Waals surface area contributed by atoms with Crippen LogP contribution in [0.15, 0.2) is 54.6 Å². The van der Waals surface area contributed by atoms with Crippen LogP contribution in [-0.4, -0.2) is 0 Å². The molecule has 1 atom stereocenters. The third-order valence-corrected chi connectivity index (χ3v) is 3.62. The van der Waals surface area contributed by atoms with E-state index >= 15 is 0 Å². The molecular formula is C18H22. The van der Waals surface area contributed by atoms with E-state index in [0.29, 0.717) is 0 Å². The van der Waals surface area contributed by atoms with Crippen LogP contribution in [-0.2, 0) is 12.8 Å². The van der Waals surface area contributed by atoms with E-state index in [1.165, 1.54) is 29.5 Å². The minimum atomic E-state index is 0.766. The summed E-state index contributed by atoms with van der Waals surface area (Å²) in [6, 6.07) is 19.6. The number of benzene rings is 2. The Kier molecular flexibility index (Phi) is 4.58. The van der Waals surface area contributed by atoms with Crippen LogP contribution in [0.25, 0.3) is 0 Å². The number of hydrogen-bond donors (Lipinski definition) is 0. The zero-order valence-corrected chi connectivity index (χ0v) is 11.4. The lowest BCUT2D eigenvalue weighted by atomic mass is 9.92. The molecule has 0 aliphatic carbocycles. The molecule has 0 aromatic heterocycles. The third kappa shape index (κ3) is 3.46. The van der Waals surface area contributed by atoms with Gasteiger partial charge in [0.25, 0.3) is 0 Å². The van der Waals surface area contributed by atoms with Crippen molar-refractivity contribution in [1.82, 2.24) is 0 Å². The van der Waals surface area contributed by atoms with Crippen molar-refractivity contribution in [2.45, 2.75) is 33.1 Å². The van der Waals surface area contributed by atoms with Gasteiger partial charge >= 0.3 is 0 Å². The minimum Gasteiger partial charge on any atom is -0.0651 e. The fourth-order valence-corrected chi connectivity index (χ4v) is 2.26. The Bertz CT molecular complexity index is 470. The zero-order chi connectivity index (χ0) is 12.8. The second-order valence-corrected chi connectivity index (χ2v) is 5.15. The SMILES string of the molecule is CCC(C)Cc1ccccc1Cc1ccccc1. The van der Waals surface area contributed by atoms with Crippen molar-refractivity contribution in [1.29, 1.82) is 0 Å². The van der Waals surface area contributed by atoms with Gasteiger partial charge in [0.05, 0.1) is 0 Å². The van der Waals surface area contributed by atoms with Gasteiger partial charge in [0, 0.05) is 0 Å². The van der Waals surface area contributed by atoms with E-state index < -0.39 is 0 Å². The Morgan fingerprint density at radius 3 is 2.11 bits per heavy atom. The second-order valence-electron chi connectivity index (χ2n) is 5.15. The normalized spacial score (nSPS) is 12.3. The standard InChI is InChI=1S/C18H22/c1-3-15(2)13-17-11-7-8-12-18(17)14-16-9-5-4-6-10-16/h4-12,15H,3,13-14H2,1-2H3. The van der Waals surface area contributed by atoms with Crippen LogP contribution in [0.5, 0.6) is 0 Å². The van der Waals surface area contributed by atoms with Gasteiger partial charge in [-0.05, 0) is 35.4 Å². The van der Waals surface area contributed by atoms with E-state index in [9.17, 15) is 0 Å². The molecular weight excluding hydrogens is 216 g/mol. The van der Waals surface area contributed by atoms with Crippen LogP contribution in [0.1, 0.15) is 37.0 Å².